The van der Waals surface area contributed by atoms with Crippen LogP contribution in [-0.4, -0.2) is 102 Å². The predicted molar refractivity (Wildman–Crippen MR) is 191 cm³/mol. The minimum Gasteiger partial charge on any atom is -0.724 e. The monoisotopic (exact) mass is 820 g/mol. The summed E-state index contributed by atoms with van der Waals surface area (Å²) in [6.07, 6.45) is 2.80. The van der Waals surface area contributed by atoms with Gasteiger partial charge in [-0.3, -0.25) is 14.5 Å². The van der Waals surface area contributed by atoms with Gasteiger partial charge in [0.1, 0.15) is 29.7 Å². The van der Waals surface area contributed by atoms with Crippen molar-refractivity contribution >= 4 is 50.5 Å². The summed E-state index contributed by atoms with van der Waals surface area (Å²) in [5.41, 5.74) is 5.18. The molecule has 56 heavy (non-hydrogen) atoms. The molecule has 0 unspecified atom stereocenters. The Bertz CT molecular complexity index is 2150. The van der Waals surface area contributed by atoms with Gasteiger partial charge in [-0.25, -0.2) is 18.2 Å². The zero-order chi connectivity index (χ0) is 40.8. The maximum absolute atomic E-state index is 13.5. The van der Waals surface area contributed by atoms with E-state index in [1.165, 1.54) is 19.2 Å². The quantitative estimate of drug-likeness (QED) is 0.0164. The summed E-state index contributed by atoms with van der Waals surface area (Å²) in [7, 11) is -3.36. The second-order valence-corrected chi connectivity index (χ2v) is 15.5. The number of aryl methyl sites for hydroxylation is 2. The molecule has 1 fully saturated rings. The van der Waals surface area contributed by atoms with Crippen LogP contribution in [0.2, 0.25) is 0 Å². The maximum Gasteiger partial charge on any atom is 0.438 e. The van der Waals surface area contributed by atoms with Crippen molar-refractivity contribution in [2.45, 2.75) is 70.9 Å². The first kappa shape index (κ1) is 41.4. The average molecular weight is 821 g/mol. The Hall–Kier alpha value is -5.76. The number of aromatic nitrogens is 7. The molecule has 2 atom stereocenters. The molecule has 1 aliphatic rings. The molecule has 0 radical (unpaired) electrons. The highest BCUT2D eigenvalue weighted by molar-refractivity contribution is 7.80. The molecule has 5 rings (SSSR count). The number of ether oxygens (including phenoxy) is 1. The van der Waals surface area contributed by atoms with Crippen molar-refractivity contribution in [3.05, 3.63) is 53.6 Å². The van der Waals surface area contributed by atoms with Crippen LogP contribution in [0, 0.1) is 0 Å². The average Bonchev–Trinajstić information content (AvgIpc) is 3.90. The number of amides is 3. The summed E-state index contributed by atoms with van der Waals surface area (Å²) < 4.78 is 47.4. The van der Waals surface area contributed by atoms with Crippen LogP contribution in [0.4, 0.5) is 9.93 Å². The van der Waals surface area contributed by atoms with Crippen molar-refractivity contribution < 1.29 is 55.7 Å². The van der Waals surface area contributed by atoms with Gasteiger partial charge in [-0.15, -0.1) is 26.2 Å². The van der Waals surface area contributed by atoms with E-state index in [4.69, 9.17) is 25.1 Å². The molecular formula is C31H40N12O11S2. The molecule has 1 saturated heterocycles. The van der Waals surface area contributed by atoms with Crippen LogP contribution in [0.25, 0.3) is 11.1 Å². The lowest BCUT2D eigenvalue weighted by molar-refractivity contribution is -0.753. The number of anilines is 1. The van der Waals surface area contributed by atoms with E-state index in [9.17, 15) is 27.4 Å². The molecule has 4 aromatic rings. The maximum atomic E-state index is 13.5. The van der Waals surface area contributed by atoms with Gasteiger partial charge < -0.3 is 30.5 Å². The normalized spacial score (nSPS) is 16.2. The topological polar surface area (TPSA) is 296 Å². The standard InChI is InChI=1S/C31H40N12O11S2/c1-30(2,3)53-52-29(46)33-12-7-13-42-15-19(14-41(42)6)18-8-10-20(11-9-18)50-16-22(25-36-39-40-37-25)51-38-23(21-17-55-28(32)34-21)26(44)35-24-27(45)43(31(24,4)5)54-56(47,48)49/h8-11,14-15,17,22,24H,7,12-13,16H2,1-6H3,(H5-,32,33,34,35,36,37,39,40,44,46,47,48,49)/b38-23-/t22-,24+/m0/s1. The lowest BCUT2D eigenvalue weighted by Gasteiger charge is -2.51. The Labute approximate surface area is 323 Å². The minimum absolute atomic E-state index is 0.00139. The van der Waals surface area contributed by atoms with Gasteiger partial charge in [-0.2, -0.15) is 24.1 Å². The first-order valence-corrected chi connectivity index (χ1v) is 18.9. The number of hydrogen-bond donors (Lipinski definition) is 4. The van der Waals surface area contributed by atoms with Crippen molar-refractivity contribution in [2.24, 2.45) is 12.2 Å². The van der Waals surface area contributed by atoms with Crippen LogP contribution in [0.3, 0.4) is 0 Å². The van der Waals surface area contributed by atoms with Crippen molar-refractivity contribution in [2.75, 3.05) is 18.9 Å². The minimum atomic E-state index is -5.26. The number of thiazole rings is 1. The number of nitrogens with zero attached hydrogens (tertiary/aromatic N) is 8. The van der Waals surface area contributed by atoms with E-state index in [-0.39, 0.29) is 23.3 Å². The number of benzene rings is 1. The molecule has 3 amide bonds. The smallest absolute Gasteiger partial charge is 0.438 e. The number of hydrogen-bond acceptors (Lipinski definition) is 18. The largest absolute Gasteiger partial charge is 0.724 e. The van der Waals surface area contributed by atoms with E-state index in [2.05, 4.69) is 45.7 Å². The number of nitrogens with one attached hydrogen (secondary N) is 3. The summed E-state index contributed by atoms with van der Waals surface area (Å²) in [6.45, 7) is 8.86. The van der Waals surface area contributed by atoms with Gasteiger partial charge in [-0.05, 0) is 58.7 Å². The third-order valence-electron chi connectivity index (χ3n) is 7.83. The molecule has 0 spiro atoms. The summed E-state index contributed by atoms with van der Waals surface area (Å²) >= 11 is 1.01. The van der Waals surface area contributed by atoms with E-state index in [1.807, 2.05) is 40.9 Å². The van der Waals surface area contributed by atoms with Crippen LogP contribution in [0.15, 0.2) is 47.2 Å². The third kappa shape index (κ3) is 10.7. The number of oxime groups is 1. The number of carbonyl (C=O) groups is 3. The predicted octanol–water partition coefficient (Wildman–Crippen LogP) is 0.416. The molecule has 1 aliphatic heterocycles. The third-order valence-corrected chi connectivity index (χ3v) is 8.83. The zero-order valence-corrected chi connectivity index (χ0v) is 32.6. The van der Waals surface area contributed by atoms with Gasteiger partial charge in [0.2, 0.25) is 28.5 Å². The molecule has 23 nitrogen and oxygen atoms in total. The number of carbonyl (C=O) groups excluding carboxylic acids is 3. The second-order valence-electron chi connectivity index (χ2n) is 13.7. The highest BCUT2D eigenvalue weighted by atomic mass is 32.3. The number of tetrazole rings is 1. The van der Waals surface area contributed by atoms with E-state index in [1.54, 1.807) is 32.9 Å². The number of β-lactam (4-membered cyclic amide) rings is 1. The Balaban J connectivity index is 1.21. The number of rotatable bonds is 17. The fraction of sp³-hybridized carbons (Fsp3) is 0.452. The van der Waals surface area contributed by atoms with Crippen LogP contribution < -0.4 is 25.8 Å². The fourth-order valence-electron chi connectivity index (χ4n) is 5.06. The van der Waals surface area contributed by atoms with Gasteiger partial charge in [0.25, 0.3) is 11.8 Å². The number of nitrogen functional groups attached to an aromatic ring is 1. The van der Waals surface area contributed by atoms with Crippen LogP contribution in [0.1, 0.15) is 58.7 Å². The van der Waals surface area contributed by atoms with Crippen molar-refractivity contribution in [3.8, 4) is 16.9 Å². The van der Waals surface area contributed by atoms with E-state index >= 15 is 0 Å². The van der Waals surface area contributed by atoms with E-state index in [0.29, 0.717) is 30.3 Å². The number of hydroxylamine groups is 2. The van der Waals surface area contributed by atoms with E-state index in [0.717, 1.165) is 22.5 Å². The summed E-state index contributed by atoms with van der Waals surface area (Å²) in [5.74, 6) is -1.45. The molecule has 0 saturated carbocycles. The number of aromatic amines is 1. The van der Waals surface area contributed by atoms with Crippen molar-refractivity contribution in [1.29, 1.82) is 0 Å². The van der Waals surface area contributed by atoms with Crippen LogP contribution in [0.5, 0.6) is 5.75 Å². The lowest BCUT2D eigenvalue weighted by atomic mass is 9.84. The first-order chi connectivity index (χ1) is 26.3. The molecular weight excluding hydrogens is 781 g/mol. The number of nitrogens with two attached hydrogens (primary N) is 1. The van der Waals surface area contributed by atoms with Gasteiger partial charge in [0.05, 0.1) is 23.8 Å². The van der Waals surface area contributed by atoms with E-state index < -0.39 is 57.3 Å². The fourth-order valence-corrected chi connectivity index (χ4v) is 6.06. The van der Waals surface area contributed by atoms with Crippen LogP contribution >= 0.6 is 11.3 Å². The van der Waals surface area contributed by atoms with Gasteiger partial charge in [0, 0.05) is 11.9 Å². The molecule has 0 bridgehead atoms. The molecule has 302 valence electrons. The molecule has 5 N–H and O–H groups in total. The Morgan fingerprint density at radius 1 is 1.21 bits per heavy atom. The molecule has 3 aromatic heterocycles. The van der Waals surface area contributed by atoms with Crippen molar-refractivity contribution in [3.63, 3.8) is 0 Å². The summed E-state index contributed by atoms with van der Waals surface area (Å²) in [4.78, 5) is 57.5. The summed E-state index contributed by atoms with van der Waals surface area (Å²) in [6, 6.07) is 5.91. The molecule has 0 aliphatic carbocycles. The van der Waals surface area contributed by atoms with Crippen LogP contribution in [-0.2, 0) is 52.5 Å². The Morgan fingerprint density at radius 3 is 2.55 bits per heavy atom. The Morgan fingerprint density at radius 2 is 1.95 bits per heavy atom. The van der Waals surface area contributed by atoms with Gasteiger partial charge in [-0.1, -0.05) is 22.5 Å². The highest BCUT2D eigenvalue weighted by Crippen LogP contribution is 2.33. The number of H-pyrrole nitrogens is 1. The highest BCUT2D eigenvalue weighted by Gasteiger charge is 2.57. The molecule has 25 heteroatoms. The van der Waals surface area contributed by atoms with Gasteiger partial charge in [0.15, 0.2) is 17.9 Å². The van der Waals surface area contributed by atoms with Crippen molar-refractivity contribution in [1.82, 2.24) is 46.0 Å². The SMILES string of the molecule is C[n+]1cc(-c2ccc(OC[C@H](O/N=C(\C(=O)N[C@@H]3C(=O)N(OS(=O)(=O)[O-])C3(C)C)c3csc(N)n3)c3nn[nH]n3)cc2)cn1CCCNC(=O)OOC(C)(C)C. The van der Waals surface area contributed by atoms with Gasteiger partial charge >= 0.3 is 6.09 Å². The second kappa shape index (κ2) is 16.9. The molecule has 4 heterocycles. The first-order valence-electron chi connectivity index (χ1n) is 16.7. The Kier molecular flexibility index (Phi) is 12.5. The molecule has 1 aromatic carbocycles. The summed E-state index contributed by atoms with van der Waals surface area (Å²) in [5, 5.41) is 24.8. The lowest BCUT2D eigenvalue weighted by Crippen LogP contribution is -2.76. The zero-order valence-electron chi connectivity index (χ0n) is 31.0.